The zero-order valence-electron chi connectivity index (χ0n) is 7.96. The summed E-state index contributed by atoms with van der Waals surface area (Å²) in [6.07, 6.45) is 0. The van der Waals surface area contributed by atoms with Crippen LogP contribution in [0, 0.1) is 0 Å². The van der Waals surface area contributed by atoms with E-state index in [9.17, 15) is 4.79 Å². The molecule has 0 radical (unpaired) electrons. The number of fused-ring (bicyclic) bond motifs is 1. The van der Waals surface area contributed by atoms with Gasteiger partial charge in [0, 0.05) is 25.5 Å². The van der Waals surface area contributed by atoms with Crippen LogP contribution >= 0.6 is 38.9 Å². The number of halogens is 2. The number of alkyl halides is 1. The molecule has 0 spiro atoms. The zero-order chi connectivity index (χ0) is 11.0. The lowest BCUT2D eigenvalue weighted by molar-refractivity contribution is 0.0993. The van der Waals surface area contributed by atoms with Crippen molar-refractivity contribution < 1.29 is 4.79 Å². The molecule has 1 nitrogen and oxygen atoms in total. The van der Waals surface area contributed by atoms with Crippen LogP contribution in [0.1, 0.15) is 17.3 Å². The fourth-order valence-corrected chi connectivity index (χ4v) is 3.16. The second kappa shape index (κ2) is 4.24. The van der Waals surface area contributed by atoms with E-state index in [2.05, 4.69) is 15.9 Å². The minimum absolute atomic E-state index is 0.0129. The number of benzene rings is 1. The van der Waals surface area contributed by atoms with Gasteiger partial charge in [0.05, 0.1) is 5.38 Å². The summed E-state index contributed by atoms with van der Waals surface area (Å²) >= 11 is 10.8. The average Bonchev–Trinajstić information content (AvgIpc) is 2.61. The summed E-state index contributed by atoms with van der Waals surface area (Å²) in [4.78, 5) is 11.8. The Balaban J connectivity index is 2.64. The molecular weight excluding hydrogens is 296 g/mol. The Morgan fingerprint density at radius 2 is 2.27 bits per heavy atom. The number of hydrogen-bond donors (Lipinski definition) is 0. The first kappa shape index (κ1) is 11.1. The highest BCUT2D eigenvalue weighted by Crippen LogP contribution is 2.33. The van der Waals surface area contributed by atoms with E-state index < -0.39 is 5.38 Å². The topological polar surface area (TPSA) is 17.1 Å². The average molecular weight is 304 g/mol. The van der Waals surface area contributed by atoms with Gasteiger partial charge in [-0.2, -0.15) is 0 Å². The number of ketones is 1. The van der Waals surface area contributed by atoms with E-state index in [0.29, 0.717) is 0 Å². The second-order valence-corrected chi connectivity index (χ2v) is 5.63. The van der Waals surface area contributed by atoms with Gasteiger partial charge in [-0.25, -0.2) is 0 Å². The van der Waals surface area contributed by atoms with E-state index in [4.69, 9.17) is 11.6 Å². The van der Waals surface area contributed by atoms with E-state index in [1.165, 1.54) is 0 Å². The van der Waals surface area contributed by atoms with Crippen molar-refractivity contribution >= 4 is 54.7 Å². The Hall–Kier alpha value is -0.380. The third kappa shape index (κ3) is 1.96. The summed E-state index contributed by atoms with van der Waals surface area (Å²) in [5.74, 6) is -0.0129. The Bertz CT molecular complexity index is 518. The fraction of sp³-hybridized carbons (Fsp3) is 0.182. The first-order valence-electron chi connectivity index (χ1n) is 4.45. The van der Waals surface area contributed by atoms with Gasteiger partial charge in [0.2, 0.25) is 0 Å². The molecule has 0 N–H and O–H groups in total. The third-order valence-corrected chi connectivity index (χ3v) is 4.33. The molecule has 1 aromatic carbocycles. The molecule has 1 atom stereocenters. The van der Waals surface area contributed by atoms with E-state index in [-0.39, 0.29) is 5.78 Å². The maximum Gasteiger partial charge on any atom is 0.181 e. The van der Waals surface area contributed by atoms with Crippen LogP contribution in [0.4, 0.5) is 0 Å². The highest BCUT2D eigenvalue weighted by Gasteiger charge is 2.17. The molecule has 0 aliphatic rings. The van der Waals surface area contributed by atoms with Crippen molar-refractivity contribution in [3.05, 3.63) is 33.6 Å². The Kier molecular flexibility index (Phi) is 3.14. The Morgan fingerprint density at radius 3 is 2.93 bits per heavy atom. The van der Waals surface area contributed by atoms with Crippen LogP contribution in [0.2, 0.25) is 0 Å². The van der Waals surface area contributed by atoms with Crippen molar-refractivity contribution in [3.63, 3.8) is 0 Å². The summed E-state index contributed by atoms with van der Waals surface area (Å²) in [6, 6.07) is 5.84. The number of Topliss-reactive ketones (excluding diaryl/α,β-unsaturated/α-hetero) is 1. The van der Waals surface area contributed by atoms with E-state index >= 15 is 0 Å². The first-order valence-corrected chi connectivity index (χ1v) is 6.56. The van der Waals surface area contributed by atoms with E-state index in [1.54, 1.807) is 18.3 Å². The van der Waals surface area contributed by atoms with Crippen LogP contribution in [0.5, 0.6) is 0 Å². The van der Waals surface area contributed by atoms with E-state index in [0.717, 1.165) is 20.1 Å². The highest BCUT2D eigenvalue weighted by molar-refractivity contribution is 9.10. The molecule has 0 bridgehead atoms. The lowest BCUT2D eigenvalue weighted by Crippen LogP contribution is -2.09. The fourth-order valence-electron chi connectivity index (χ4n) is 1.43. The first-order chi connectivity index (χ1) is 7.11. The lowest BCUT2D eigenvalue weighted by Gasteiger charge is -2.00. The van der Waals surface area contributed by atoms with Crippen LogP contribution in [-0.2, 0) is 0 Å². The quantitative estimate of drug-likeness (QED) is 0.591. The maximum atomic E-state index is 11.8. The second-order valence-electron chi connectivity index (χ2n) is 3.25. The van der Waals surface area contributed by atoms with Crippen molar-refractivity contribution in [2.45, 2.75) is 12.3 Å². The van der Waals surface area contributed by atoms with Crippen LogP contribution in [0.3, 0.4) is 0 Å². The van der Waals surface area contributed by atoms with E-state index in [1.807, 2.05) is 23.6 Å². The molecule has 0 aliphatic heterocycles. The number of carbonyl (C=O) groups excluding carboxylic acids is 1. The standard InChI is InChI=1S/C11H8BrClOS/c1-6(13)10(14)8-5-15-11-7(8)3-2-4-9(11)12/h2-6H,1H3. The molecule has 0 aliphatic carbocycles. The summed E-state index contributed by atoms with van der Waals surface area (Å²) in [5, 5.41) is 2.38. The number of carbonyl (C=O) groups is 1. The molecule has 1 aromatic heterocycles. The lowest BCUT2D eigenvalue weighted by atomic mass is 10.1. The van der Waals surface area contributed by atoms with Gasteiger partial charge in [-0.15, -0.1) is 22.9 Å². The van der Waals surface area contributed by atoms with Crippen molar-refractivity contribution in [2.75, 3.05) is 0 Å². The molecule has 0 amide bonds. The van der Waals surface area contributed by atoms with Gasteiger partial charge in [0.15, 0.2) is 5.78 Å². The summed E-state index contributed by atoms with van der Waals surface area (Å²) in [5.41, 5.74) is 0.721. The van der Waals surface area contributed by atoms with Gasteiger partial charge in [-0.05, 0) is 28.9 Å². The SMILES string of the molecule is CC(Cl)C(=O)c1csc2c(Br)cccc12. The monoisotopic (exact) mass is 302 g/mol. The van der Waals surface area contributed by atoms with Crippen LogP contribution in [0.25, 0.3) is 10.1 Å². The molecule has 1 heterocycles. The number of thiophene rings is 1. The molecule has 2 aromatic rings. The number of hydrogen-bond acceptors (Lipinski definition) is 2. The molecule has 15 heavy (non-hydrogen) atoms. The van der Waals surface area contributed by atoms with Gasteiger partial charge in [-0.3, -0.25) is 4.79 Å². The molecular formula is C11H8BrClOS. The van der Waals surface area contributed by atoms with Gasteiger partial charge < -0.3 is 0 Å². The van der Waals surface area contributed by atoms with Gasteiger partial charge in [-0.1, -0.05) is 12.1 Å². The van der Waals surface area contributed by atoms with Crippen molar-refractivity contribution in [3.8, 4) is 0 Å². The van der Waals surface area contributed by atoms with Gasteiger partial charge in [0.1, 0.15) is 0 Å². The van der Waals surface area contributed by atoms with Crippen molar-refractivity contribution in [1.82, 2.24) is 0 Å². The third-order valence-electron chi connectivity index (χ3n) is 2.18. The predicted octanol–water partition coefficient (Wildman–Crippen LogP) is 4.47. The highest BCUT2D eigenvalue weighted by atomic mass is 79.9. The van der Waals surface area contributed by atoms with Crippen molar-refractivity contribution in [2.24, 2.45) is 0 Å². The normalized spacial score (nSPS) is 13.0. The molecule has 4 heteroatoms. The minimum Gasteiger partial charge on any atom is -0.292 e. The summed E-state index contributed by atoms with van der Waals surface area (Å²) < 4.78 is 2.12. The molecule has 1 unspecified atom stereocenters. The summed E-state index contributed by atoms with van der Waals surface area (Å²) in [6.45, 7) is 1.70. The molecule has 0 saturated carbocycles. The van der Waals surface area contributed by atoms with Gasteiger partial charge in [0.25, 0.3) is 0 Å². The number of rotatable bonds is 2. The predicted molar refractivity (Wildman–Crippen MR) is 69.2 cm³/mol. The molecule has 0 fully saturated rings. The minimum atomic E-state index is -0.471. The van der Waals surface area contributed by atoms with Crippen molar-refractivity contribution in [1.29, 1.82) is 0 Å². The van der Waals surface area contributed by atoms with Crippen LogP contribution in [-0.4, -0.2) is 11.2 Å². The largest absolute Gasteiger partial charge is 0.292 e. The smallest absolute Gasteiger partial charge is 0.181 e. The Morgan fingerprint density at radius 1 is 1.53 bits per heavy atom. The molecule has 78 valence electrons. The molecule has 0 saturated heterocycles. The summed E-state index contributed by atoms with van der Waals surface area (Å²) in [7, 11) is 0. The van der Waals surface area contributed by atoms with Crippen LogP contribution in [0.15, 0.2) is 28.1 Å². The zero-order valence-corrected chi connectivity index (χ0v) is 11.1. The van der Waals surface area contributed by atoms with Crippen LogP contribution < -0.4 is 0 Å². The maximum absolute atomic E-state index is 11.8. The Labute approximate surface area is 105 Å². The van der Waals surface area contributed by atoms with Gasteiger partial charge >= 0.3 is 0 Å². The molecule has 2 rings (SSSR count).